The number of benzene rings is 1. The van der Waals surface area contributed by atoms with Gasteiger partial charge >= 0.3 is 5.97 Å². The number of phenolic OH excluding ortho intramolecular Hbond substituents is 1. The summed E-state index contributed by atoms with van der Waals surface area (Å²) in [4.78, 5) is 22.3. The zero-order valence-corrected chi connectivity index (χ0v) is 9.71. The SMILES string of the molecule is COc1ccc(NC(=O)C2CC2C(=O)O)cc1O. The summed E-state index contributed by atoms with van der Waals surface area (Å²) in [6, 6.07) is 4.45. The van der Waals surface area contributed by atoms with Gasteiger partial charge in [-0.3, -0.25) is 9.59 Å². The minimum absolute atomic E-state index is 0.0825. The number of anilines is 1. The third kappa shape index (κ3) is 2.37. The third-order valence-corrected chi connectivity index (χ3v) is 2.89. The van der Waals surface area contributed by atoms with Crippen molar-refractivity contribution in [3.05, 3.63) is 18.2 Å². The number of amides is 1. The van der Waals surface area contributed by atoms with Gasteiger partial charge in [0, 0.05) is 11.8 Å². The van der Waals surface area contributed by atoms with Crippen molar-refractivity contribution in [3.63, 3.8) is 0 Å². The van der Waals surface area contributed by atoms with Gasteiger partial charge in [-0.25, -0.2) is 0 Å². The number of rotatable bonds is 4. The van der Waals surface area contributed by atoms with Gasteiger partial charge in [-0.2, -0.15) is 0 Å². The summed E-state index contributed by atoms with van der Waals surface area (Å²) in [5, 5.41) is 20.8. The van der Waals surface area contributed by atoms with E-state index < -0.39 is 17.8 Å². The maximum atomic E-state index is 11.7. The number of carbonyl (C=O) groups is 2. The lowest BCUT2D eigenvalue weighted by Gasteiger charge is -2.07. The van der Waals surface area contributed by atoms with Crippen LogP contribution in [0.2, 0.25) is 0 Å². The summed E-state index contributed by atoms with van der Waals surface area (Å²) < 4.78 is 4.87. The van der Waals surface area contributed by atoms with Crippen LogP contribution in [0.5, 0.6) is 11.5 Å². The highest BCUT2D eigenvalue weighted by Gasteiger charge is 2.48. The van der Waals surface area contributed by atoms with Crippen molar-refractivity contribution in [2.75, 3.05) is 12.4 Å². The summed E-state index contributed by atoms with van der Waals surface area (Å²) >= 11 is 0. The molecule has 0 radical (unpaired) electrons. The summed E-state index contributed by atoms with van der Waals surface area (Å²) in [6.07, 6.45) is 0.364. The molecule has 1 aliphatic rings. The Hall–Kier alpha value is -2.24. The van der Waals surface area contributed by atoms with Gasteiger partial charge in [-0.15, -0.1) is 0 Å². The van der Waals surface area contributed by atoms with E-state index in [0.717, 1.165) is 0 Å². The minimum Gasteiger partial charge on any atom is -0.504 e. The number of carbonyl (C=O) groups excluding carboxylic acids is 1. The third-order valence-electron chi connectivity index (χ3n) is 2.89. The lowest BCUT2D eigenvalue weighted by atomic mass is 10.2. The Morgan fingerprint density at radius 2 is 2.11 bits per heavy atom. The van der Waals surface area contributed by atoms with E-state index in [1.165, 1.54) is 19.2 Å². The van der Waals surface area contributed by atoms with E-state index in [1.807, 2.05) is 0 Å². The lowest BCUT2D eigenvalue weighted by molar-refractivity contribution is -0.139. The first-order valence-electron chi connectivity index (χ1n) is 5.43. The Bertz CT molecular complexity index is 499. The fraction of sp³-hybridized carbons (Fsp3) is 0.333. The van der Waals surface area contributed by atoms with Crippen LogP contribution in [-0.2, 0) is 9.59 Å². The Labute approximate surface area is 103 Å². The molecule has 0 heterocycles. The van der Waals surface area contributed by atoms with E-state index >= 15 is 0 Å². The van der Waals surface area contributed by atoms with Gasteiger partial charge in [0.25, 0.3) is 0 Å². The van der Waals surface area contributed by atoms with Gasteiger partial charge in [-0.05, 0) is 18.6 Å². The summed E-state index contributed by atoms with van der Waals surface area (Å²) in [5.41, 5.74) is 0.411. The van der Waals surface area contributed by atoms with E-state index in [0.29, 0.717) is 17.9 Å². The maximum absolute atomic E-state index is 11.7. The van der Waals surface area contributed by atoms with Crippen molar-refractivity contribution in [3.8, 4) is 11.5 Å². The molecule has 6 nitrogen and oxygen atoms in total. The summed E-state index contributed by atoms with van der Waals surface area (Å²) in [5.74, 6) is -2.13. The van der Waals surface area contributed by atoms with Crippen molar-refractivity contribution < 1.29 is 24.5 Å². The van der Waals surface area contributed by atoms with E-state index in [1.54, 1.807) is 6.07 Å². The van der Waals surface area contributed by atoms with E-state index in [2.05, 4.69) is 5.32 Å². The second-order valence-electron chi connectivity index (χ2n) is 4.16. The van der Waals surface area contributed by atoms with Crippen LogP contribution >= 0.6 is 0 Å². The molecule has 0 aromatic heterocycles. The van der Waals surface area contributed by atoms with Gasteiger partial charge in [0.05, 0.1) is 18.9 Å². The molecule has 1 saturated carbocycles. The molecule has 6 heteroatoms. The summed E-state index contributed by atoms with van der Waals surface area (Å²) in [7, 11) is 1.43. The van der Waals surface area contributed by atoms with Crippen LogP contribution in [0, 0.1) is 11.8 Å². The predicted molar refractivity (Wildman–Crippen MR) is 62.5 cm³/mol. The fourth-order valence-electron chi connectivity index (χ4n) is 1.76. The molecule has 0 aliphatic heterocycles. The van der Waals surface area contributed by atoms with Crippen molar-refractivity contribution >= 4 is 17.6 Å². The molecule has 1 fully saturated rings. The molecular formula is C12H13NO5. The number of hydrogen-bond donors (Lipinski definition) is 3. The molecule has 0 saturated heterocycles. The number of aliphatic carboxylic acids is 1. The first kappa shape index (κ1) is 12.2. The summed E-state index contributed by atoms with van der Waals surface area (Å²) in [6.45, 7) is 0. The zero-order chi connectivity index (χ0) is 13.3. The fourth-order valence-corrected chi connectivity index (χ4v) is 1.76. The lowest BCUT2D eigenvalue weighted by Crippen LogP contribution is -2.16. The average molecular weight is 251 g/mol. The van der Waals surface area contributed by atoms with Crippen LogP contribution in [0.1, 0.15) is 6.42 Å². The van der Waals surface area contributed by atoms with Crippen LogP contribution in [-0.4, -0.2) is 29.2 Å². The second kappa shape index (κ2) is 4.56. The topological polar surface area (TPSA) is 95.9 Å². The number of phenols is 1. The quantitative estimate of drug-likeness (QED) is 0.743. The number of aromatic hydroxyl groups is 1. The normalized spacial score (nSPS) is 21.2. The monoisotopic (exact) mass is 251 g/mol. The molecule has 3 N–H and O–H groups in total. The number of hydrogen-bond acceptors (Lipinski definition) is 4. The molecule has 0 spiro atoms. The van der Waals surface area contributed by atoms with Crippen LogP contribution in [0.15, 0.2) is 18.2 Å². The molecule has 18 heavy (non-hydrogen) atoms. The van der Waals surface area contributed by atoms with Gasteiger partial charge < -0.3 is 20.3 Å². The minimum atomic E-state index is -0.951. The van der Waals surface area contributed by atoms with E-state index in [-0.39, 0.29) is 11.7 Å². The Kier molecular flexibility index (Phi) is 3.10. The molecule has 2 atom stereocenters. The first-order chi connectivity index (χ1) is 8.52. The van der Waals surface area contributed by atoms with E-state index in [9.17, 15) is 14.7 Å². The first-order valence-corrected chi connectivity index (χ1v) is 5.43. The van der Waals surface area contributed by atoms with Crippen LogP contribution in [0.3, 0.4) is 0 Å². The molecular weight excluding hydrogens is 238 g/mol. The maximum Gasteiger partial charge on any atom is 0.307 e. The standard InChI is InChI=1S/C12H13NO5/c1-18-10-3-2-6(4-9(10)14)13-11(15)7-5-8(7)12(16)17/h2-4,7-8,14H,5H2,1H3,(H,13,15)(H,16,17). The van der Waals surface area contributed by atoms with Gasteiger partial charge in [0.2, 0.25) is 5.91 Å². The van der Waals surface area contributed by atoms with Gasteiger partial charge in [-0.1, -0.05) is 0 Å². The molecule has 1 aromatic carbocycles. The van der Waals surface area contributed by atoms with Crippen molar-refractivity contribution in [2.45, 2.75) is 6.42 Å². The molecule has 2 unspecified atom stereocenters. The number of carboxylic acid groups (broad SMARTS) is 1. The Morgan fingerprint density at radius 1 is 1.39 bits per heavy atom. The smallest absolute Gasteiger partial charge is 0.307 e. The molecule has 2 rings (SSSR count). The highest BCUT2D eigenvalue weighted by atomic mass is 16.5. The number of methoxy groups -OCH3 is 1. The zero-order valence-electron chi connectivity index (χ0n) is 9.71. The Balaban J connectivity index is 2.00. The van der Waals surface area contributed by atoms with Crippen LogP contribution in [0.25, 0.3) is 0 Å². The molecule has 96 valence electrons. The van der Waals surface area contributed by atoms with Gasteiger partial charge in [0.1, 0.15) is 0 Å². The molecule has 0 bridgehead atoms. The Morgan fingerprint density at radius 3 is 2.61 bits per heavy atom. The molecule has 1 amide bonds. The largest absolute Gasteiger partial charge is 0.504 e. The van der Waals surface area contributed by atoms with Crippen molar-refractivity contribution in [1.82, 2.24) is 0 Å². The van der Waals surface area contributed by atoms with Crippen LogP contribution < -0.4 is 10.1 Å². The predicted octanol–water partition coefficient (Wildman–Crippen LogP) is 1.06. The highest BCUT2D eigenvalue weighted by molar-refractivity contribution is 5.98. The second-order valence-corrected chi connectivity index (χ2v) is 4.16. The number of ether oxygens (including phenoxy) is 1. The van der Waals surface area contributed by atoms with Crippen LogP contribution in [0.4, 0.5) is 5.69 Å². The number of nitrogens with one attached hydrogen (secondary N) is 1. The molecule has 1 aliphatic carbocycles. The van der Waals surface area contributed by atoms with Gasteiger partial charge in [0.15, 0.2) is 11.5 Å². The number of carboxylic acids is 1. The van der Waals surface area contributed by atoms with E-state index in [4.69, 9.17) is 9.84 Å². The van der Waals surface area contributed by atoms with Crippen molar-refractivity contribution in [2.24, 2.45) is 11.8 Å². The molecule has 1 aromatic rings. The highest BCUT2D eigenvalue weighted by Crippen LogP contribution is 2.39. The van der Waals surface area contributed by atoms with Crippen molar-refractivity contribution in [1.29, 1.82) is 0 Å². The average Bonchev–Trinajstić information content (AvgIpc) is 3.09.